The molecule has 0 aliphatic carbocycles. The molecule has 17 heavy (non-hydrogen) atoms. The maximum absolute atomic E-state index is 11.2. The van der Waals surface area contributed by atoms with E-state index in [4.69, 9.17) is 5.11 Å². The fourth-order valence-electron chi connectivity index (χ4n) is 1.35. The number of hydrogen-bond donors (Lipinski definition) is 4. The standard InChI is InChI=1S/C10H10N4O3/c15-8-5-11-13-9(8)14-12-7-4-2-1-3-6(7)10(16)17/h1-5,9,12-14H,(H,16,17). The van der Waals surface area contributed by atoms with E-state index in [0.717, 1.165) is 6.21 Å². The van der Waals surface area contributed by atoms with Crippen LogP contribution in [0.25, 0.3) is 0 Å². The third kappa shape index (κ3) is 2.40. The number of nitrogens with one attached hydrogen (secondary N) is 3. The zero-order chi connectivity index (χ0) is 12.3. The van der Waals surface area contributed by atoms with Crippen LogP contribution in [0, 0.1) is 0 Å². The maximum Gasteiger partial charge on any atom is 0.337 e. The van der Waals surface area contributed by atoms with Crippen LogP contribution in [-0.4, -0.2) is 29.2 Å². The van der Waals surface area contributed by atoms with Gasteiger partial charge in [0.15, 0.2) is 6.17 Å². The molecular weight excluding hydrogens is 224 g/mol. The Balaban J connectivity index is 2.04. The smallest absolute Gasteiger partial charge is 0.337 e. The van der Waals surface area contributed by atoms with Gasteiger partial charge in [-0.3, -0.25) is 10.2 Å². The van der Waals surface area contributed by atoms with Gasteiger partial charge in [-0.05, 0) is 12.1 Å². The Hall–Kier alpha value is -2.41. The monoisotopic (exact) mass is 234 g/mol. The molecule has 1 unspecified atom stereocenters. The van der Waals surface area contributed by atoms with E-state index in [1.54, 1.807) is 18.2 Å². The highest BCUT2D eigenvalue weighted by atomic mass is 16.4. The summed E-state index contributed by atoms with van der Waals surface area (Å²) in [4.78, 5) is 22.1. The van der Waals surface area contributed by atoms with Crippen LogP contribution in [0.2, 0.25) is 0 Å². The molecule has 1 aromatic rings. The second-order valence-corrected chi connectivity index (χ2v) is 3.34. The number of hydrazine groups is 1. The molecule has 4 N–H and O–H groups in total. The molecule has 1 aliphatic rings. The third-order valence-electron chi connectivity index (χ3n) is 2.19. The molecule has 0 saturated heterocycles. The quantitative estimate of drug-likeness (QED) is 0.537. The minimum atomic E-state index is -1.04. The summed E-state index contributed by atoms with van der Waals surface area (Å²) in [6.07, 6.45) is 0.472. The van der Waals surface area contributed by atoms with Crippen LogP contribution in [0.4, 0.5) is 5.69 Å². The van der Waals surface area contributed by atoms with Gasteiger partial charge in [-0.2, -0.15) is 5.10 Å². The second kappa shape index (κ2) is 4.62. The maximum atomic E-state index is 11.2. The van der Waals surface area contributed by atoms with E-state index in [-0.39, 0.29) is 11.3 Å². The summed E-state index contributed by atoms with van der Waals surface area (Å²) >= 11 is 0. The predicted molar refractivity (Wildman–Crippen MR) is 60.6 cm³/mol. The van der Waals surface area contributed by atoms with Gasteiger partial charge in [0.2, 0.25) is 5.78 Å². The molecule has 0 radical (unpaired) electrons. The molecule has 7 nitrogen and oxygen atoms in total. The van der Waals surface area contributed by atoms with Crippen molar-refractivity contribution in [2.24, 2.45) is 5.10 Å². The molecule has 1 atom stereocenters. The second-order valence-electron chi connectivity index (χ2n) is 3.34. The Morgan fingerprint density at radius 3 is 2.82 bits per heavy atom. The number of Topliss-reactive ketones (excluding diaryl/α,β-unsaturated/α-hetero) is 1. The van der Waals surface area contributed by atoms with Gasteiger partial charge in [0.1, 0.15) is 0 Å². The molecule has 0 amide bonds. The minimum Gasteiger partial charge on any atom is -0.478 e. The zero-order valence-corrected chi connectivity index (χ0v) is 8.68. The number of carbonyl (C=O) groups is 2. The fourth-order valence-corrected chi connectivity index (χ4v) is 1.35. The predicted octanol–water partition coefficient (Wildman–Crippen LogP) is -0.215. The Bertz CT molecular complexity index is 486. The number of carboxylic acid groups (broad SMARTS) is 1. The number of rotatable bonds is 4. The molecule has 0 aromatic heterocycles. The van der Waals surface area contributed by atoms with Crippen molar-refractivity contribution < 1.29 is 14.7 Å². The lowest BCUT2D eigenvalue weighted by Gasteiger charge is -2.14. The molecule has 7 heteroatoms. The van der Waals surface area contributed by atoms with E-state index in [9.17, 15) is 9.59 Å². The van der Waals surface area contributed by atoms with Gasteiger partial charge in [0.25, 0.3) is 0 Å². The minimum absolute atomic E-state index is 0.117. The van der Waals surface area contributed by atoms with Crippen LogP contribution in [0.5, 0.6) is 0 Å². The summed E-state index contributed by atoms with van der Waals surface area (Å²) in [6, 6.07) is 6.37. The average molecular weight is 234 g/mol. The molecule has 0 bridgehead atoms. The van der Waals surface area contributed by atoms with E-state index >= 15 is 0 Å². The molecule has 1 aliphatic heterocycles. The lowest BCUT2D eigenvalue weighted by molar-refractivity contribution is -0.114. The van der Waals surface area contributed by atoms with E-state index in [1.807, 2.05) is 0 Å². The first kappa shape index (κ1) is 11.1. The van der Waals surface area contributed by atoms with Gasteiger partial charge in [-0.15, -0.1) is 0 Å². The molecule has 0 spiro atoms. The summed E-state index contributed by atoms with van der Waals surface area (Å²) in [5, 5.41) is 12.5. The van der Waals surface area contributed by atoms with E-state index < -0.39 is 12.1 Å². The van der Waals surface area contributed by atoms with Crippen molar-refractivity contribution in [3.63, 3.8) is 0 Å². The highest BCUT2D eigenvalue weighted by Gasteiger charge is 2.20. The van der Waals surface area contributed by atoms with Gasteiger partial charge in [0.05, 0.1) is 17.5 Å². The zero-order valence-electron chi connectivity index (χ0n) is 8.68. The Kier molecular flexibility index (Phi) is 3.01. The van der Waals surface area contributed by atoms with Crippen LogP contribution in [-0.2, 0) is 4.79 Å². The van der Waals surface area contributed by atoms with Crippen LogP contribution >= 0.6 is 0 Å². The van der Waals surface area contributed by atoms with Crippen molar-refractivity contribution in [3.8, 4) is 0 Å². The van der Waals surface area contributed by atoms with E-state index in [2.05, 4.69) is 21.4 Å². The lowest BCUT2D eigenvalue weighted by Crippen LogP contribution is -2.45. The topological polar surface area (TPSA) is 103 Å². The van der Waals surface area contributed by atoms with Crippen molar-refractivity contribution in [2.45, 2.75) is 6.17 Å². The van der Waals surface area contributed by atoms with Crippen molar-refractivity contribution in [2.75, 3.05) is 5.43 Å². The van der Waals surface area contributed by atoms with Crippen LogP contribution in [0.3, 0.4) is 0 Å². The number of ketones is 1. The van der Waals surface area contributed by atoms with Crippen LogP contribution in [0.15, 0.2) is 29.4 Å². The van der Waals surface area contributed by atoms with Crippen molar-refractivity contribution in [3.05, 3.63) is 29.8 Å². The molecule has 0 saturated carbocycles. The number of nitrogens with zero attached hydrogens (tertiary/aromatic N) is 1. The number of para-hydroxylation sites is 1. The van der Waals surface area contributed by atoms with Crippen molar-refractivity contribution in [1.82, 2.24) is 10.9 Å². The number of aromatic carboxylic acids is 1. The third-order valence-corrected chi connectivity index (χ3v) is 2.19. The SMILES string of the molecule is O=C(O)c1ccccc1NNC1NN=CC1=O. The first-order valence-electron chi connectivity index (χ1n) is 4.85. The van der Waals surface area contributed by atoms with E-state index in [0.29, 0.717) is 5.69 Å². The van der Waals surface area contributed by atoms with Gasteiger partial charge in [-0.25, -0.2) is 10.2 Å². The number of benzene rings is 1. The first-order valence-corrected chi connectivity index (χ1v) is 4.85. The Morgan fingerprint density at radius 1 is 1.41 bits per heavy atom. The number of hydrazone groups is 1. The molecular formula is C10H10N4O3. The molecule has 2 rings (SSSR count). The summed E-state index contributed by atoms with van der Waals surface area (Å²) in [7, 11) is 0. The molecule has 1 heterocycles. The van der Waals surface area contributed by atoms with Gasteiger partial charge in [0, 0.05) is 0 Å². The number of carboxylic acids is 1. The van der Waals surface area contributed by atoms with Crippen molar-refractivity contribution >= 4 is 23.7 Å². The summed E-state index contributed by atoms with van der Waals surface area (Å²) in [5.74, 6) is -1.28. The lowest BCUT2D eigenvalue weighted by atomic mass is 10.2. The largest absolute Gasteiger partial charge is 0.478 e. The first-order chi connectivity index (χ1) is 8.18. The molecule has 1 aromatic carbocycles. The van der Waals surface area contributed by atoms with E-state index in [1.165, 1.54) is 6.07 Å². The average Bonchev–Trinajstić information content (AvgIpc) is 2.72. The van der Waals surface area contributed by atoms with Crippen LogP contribution in [0.1, 0.15) is 10.4 Å². The Morgan fingerprint density at radius 2 is 2.18 bits per heavy atom. The van der Waals surface area contributed by atoms with Crippen molar-refractivity contribution in [1.29, 1.82) is 0 Å². The number of anilines is 1. The van der Waals surface area contributed by atoms with Crippen LogP contribution < -0.4 is 16.3 Å². The number of hydrogen-bond acceptors (Lipinski definition) is 6. The van der Waals surface area contributed by atoms with Gasteiger partial charge < -0.3 is 10.5 Å². The fraction of sp³-hybridized carbons (Fsp3) is 0.100. The normalized spacial score (nSPS) is 17.9. The number of carbonyl (C=O) groups excluding carboxylic acids is 1. The summed E-state index contributed by atoms with van der Waals surface area (Å²) in [6.45, 7) is 0. The molecule has 0 fully saturated rings. The molecule has 88 valence electrons. The van der Waals surface area contributed by atoms with Gasteiger partial charge in [-0.1, -0.05) is 12.1 Å². The summed E-state index contributed by atoms with van der Waals surface area (Å²) in [5.41, 5.74) is 8.33. The summed E-state index contributed by atoms with van der Waals surface area (Å²) < 4.78 is 0. The highest BCUT2D eigenvalue weighted by molar-refractivity contribution is 6.31. The van der Waals surface area contributed by atoms with Gasteiger partial charge >= 0.3 is 5.97 Å². The Labute approximate surface area is 96.5 Å². The highest BCUT2D eigenvalue weighted by Crippen LogP contribution is 2.13.